The van der Waals surface area contributed by atoms with Crippen molar-refractivity contribution in [2.24, 2.45) is 5.92 Å². The van der Waals surface area contributed by atoms with E-state index in [1.807, 2.05) is 42.5 Å². The summed E-state index contributed by atoms with van der Waals surface area (Å²) in [5, 5.41) is 11.4. The highest BCUT2D eigenvalue weighted by molar-refractivity contribution is 7.18. The predicted molar refractivity (Wildman–Crippen MR) is 119 cm³/mol. The van der Waals surface area contributed by atoms with E-state index < -0.39 is 0 Å². The van der Waals surface area contributed by atoms with E-state index >= 15 is 0 Å². The van der Waals surface area contributed by atoms with Crippen LogP contribution in [-0.2, 0) is 6.42 Å². The van der Waals surface area contributed by atoms with Crippen LogP contribution in [0, 0.1) is 5.92 Å². The monoisotopic (exact) mass is 417 g/mol. The summed E-state index contributed by atoms with van der Waals surface area (Å²) in [5.41, 5.74) is 2.77. The number of aromatic nitrogens is 3. The molecule has 1 aliphatic rings. The van der Waals surface area contributed by atoms with Gasteiger partial charge in [0.25, 0.3) is 0 Å². The lowest BCUT2D eigenvalue weighted by atomic mass is 9.84. The third-order valence-corrected chi connectivity index (χ3v) is 6.67. The maximum atomic E-state index is 10.3. The van der Waals surface area contributed by atoms with Gasteiger partial charge in [0.1, 0.15) is 11.5 Å². The Morgan fingerprint density at radius 1 is 1.03 bits per heavy atom. The SMILES string of the molecule is O[C@@H]1CCCC[C@H]1Cc1nc2ccc(Oc3ccnc(-c4cccnc4)c3)cc2s1. The Morgan fingerprint density at radius 2 is 1.93 bits per heavy atom. The van der Waals surface area contributed by atoms with E-state index in [9.17, 15) is 5.11 Å². The fraction of sp³-hybridized carbons (Fsp3) is 0.292. The summed E-state index contributed by atoms with van der Waals surface area (Å²) in [4.78, 5) is 13.4. The summed E-state index contributed by atoms with van der Waals surface area (Å²) in [6, 6.07) is 13.6. The molecule has 1 fully saturated rings. The van der Waals surface area contributed by atoms with Crippen LogP contribution in [0.5, 0.6) is 11.5 Å². The van der Waals surface area contributed by atoms with Gasteiger partial charge in [-0.05, 0) is 49.1 Å². The van der Waals surface area contributed by atoms with E-state index in [2.05, 4.69) is 9.97 Å². The third kappa shape index (κ3) is 4.20. The molecule has 6 heteroatoms. The number of rotatable bonds is 5. The van der Waals surface area contributed by atoms with Crippen molar-refractivity contribution in [1.29, 1.82) is 0 Å². The van der Waals surface area contributed by atoms with Gasteiger partial charge in [0.15, 0.2) is 0 Å². The Balaban J connectivity index is 1.34. The first-order valence-electron chi connectivity index (χ1n) is 10.4. The van der Waals surface area contributed by atoms with Crippen molar-refractivity contribution < 1.29 is 9.84 Å². The second-order valence-corrected chi connectivity index (χ2v) is 8.89. The lowest BCUT2D eigenvalue weighted by molar-refractivity contribution is 0.0700. The molecule has 30 heavy (non-hydrogen) atoms. The van der Waals surface area contributed by atoms with Gasteiger partial charge >= 0.3 is 0 Å². The zero-order valence-electron chi connectivity index (χ0n) is 16.6. The summed E-state index contributed by atoms with van der Waals surface area (Å²) in [6.07, 6.45) is 10.3. The van der Waals surface area contributed by atoms with E-state index in [1.165, 1.54) is 6.42 Å². The zero-order valence-corrected chi connectivity index (χ0v) is 17.4. The Labute approximate surface area is 179 Å². The average molecular weight is 418 g/mol. The van der Waals surface area contributed by atoms with Crippen LogP contribution in [0.25, 0.3) is 21.5 Å². The molecule has 3 aromatic heterocycles. The van der Waals surface area contributed by atoms with Crippen LogP contribution < -0.4 is 4.74 Å². The number of ether oxygens (including phenoxy) is 1. The minimum Gasteiger partial charge on any atom is -0.457 e. The van der Waals surface area contributed by atoms with E-state index in [0.717, 1.165) is 63.7 Å². The molecule has 0 unspecified atom stereocenters. The molecular formula is C24H23N3O2S. The number of pyridine rings is 2. The van der Waals surface area contributed by atoms with Gasteiger partial charge in [-0.3, -0.25) is 9.97 Å². The van der Waals surface area contributed by atoms with Crippen LogP contribution in [0.15, 0.2) is 61.1 Å². The van der Waals surface area contributed by atoms with Crippen molar-refractivity contribution in [3.05, 3.63) is 66.1 Å². The van der Waals surface area contributed by atoms with Crippen molar-refractivity contribution >= 4 is 21.6 Å². The van der Waals surface area contributed by atoms with Gasteiger partial charge in [-0.25, -0.2) is 4.98 Å². The molecule has 5 nitrogen and oxygen atoms in total. The van der Waals surface area contributed by atoms with E-state index in [4.69, 9.17) is 9.72 Å². The van der Waals surface area contributed by atoms with Crippen LogP contribution in [-0.4, -0.2) is 26.2 Å². The topological polar surface area (TPSA) is 68.1 Å². The summed E-state index contributed by atoms with van der Waals surface area (Å²) < 4.78 is 7.21. The highest BCUT2D eigenvalue weighted by atomic mass is 32.1. The summed E-state index contributed by atoms with van der Waals surface area (Å²) in [6.45, 7) is 0. The first kappa shape index (κ1) is 19.2. The van der Waals surface area contributed by atoms with Gasteiger partial charge in [0.05, 0.1) is 27.0 Å². The number of aliphatic hydroxyl groups is 1. The average Bonchev–Trinajstić information content (AvgIpc) is 3.18. The molecule has 0 aliphatic heterocycles. The molecule has 0 bridgehead atoms. The summed E-state index contributed by atoms with van der Waals surface area (Å²) >= 11 is 1.69. The van der Waals surface area contributed by atoms with Crippen LogP contribution in [0.2, 0.25) is 0 Å². The van der Waals surface area contributed by atoms with Gasteiger partial charge in [-0.2, -0.15) is 0 Å². The molecule has 1 aliphatic carbocycles. The number of fused-ring (bicyclic) bond motifs is 1. The largest absolute Gasteiger partial charge is 0.457 e. The van der Waals surface area contributed by atoms with Gasteiger partial charge in [-0.1, -0.05) is 12.8 Å². The van der Waals surface area contributed by atoms with Gasteiger partial charge < -0.3 is 9.84 Å². The molecule has 5 rings (SSSR count). The molecule has 3 heterocycles. The predicted octanol–water partition coefficient (Wildman–Crippen LogP) is 5.64. The van der Waals surface area contributed by atoms with Gasteiger partial charge in [0.2, 0.25) is 0 Å². The first-order valence-corrected chi connectivity index (χ1v) is 11.2. The Kier molecular flexibility index (Phi) is 5.43. The third-order valence-electron chi connectivity index (χ3n) is 5.63. The number of nitrogens with zero attached hydrogens (tertiary/aromatic N) is 3. The second-order valence-electron chi connectivity index (χ2n) is 7.77. The normalized spacial score (nSPS) is 19.1. The summed E-state index contributed by atoms with van der Waals surface area (Å²) in [5.74, 6) is 1.84. The zero-order chi connectivity index (χ0) is 20.3. The second kappa shape index (κ2) is 8.50. The molecule has 0 radical (unpaired) electrons. The molecule has 0 saturated heterocycles. The fourth-order valence-corrected chi connectivity index (χ4v) is 5.13. The number of benzene rings is 1. The fourth-order valence-electron chi connectivity index (χ4n) is 4.04. The van der Waals surface area contributed by atoms with E-state index in [0.29, 0.717) is 5.92 Å². The van der Waals surface area contributed by atoms with Crippen molar-refractivity contribution in [3.8, 4) is 22.8 Å². The molecule has 152 valence electrons. The lowest BCUT2D eigenvalue weighted by Gasteiger charge is -2.26. The number of aliphatic hydroxyl groups excluding tert-OH is 1. The standard InChI is InChI=1S/C24H23N3O2S/c28-22-6-2-1-4-16(22)12-24-27-20-8-7-18(14-23(20)30-24)29-19-9-11-26-21(13-19)17-5-3-10-25-15-17/h3,5,7-11,13-16,22,28H,1-2,4,6,12H2/t16-,22+/m0/s1. The summed E-state index contributed by atoms with van der Waals surface area (Å²) in [7, 11) is 0. The van der Waals surface area contributed by atoms with Crippen molar-refractivity contribution in [2.75, 3.05) is 0 Å². The molecule has 1 aromatic carbocycles. The van der Waals surface area contributed by atoms with Crippen molar-refractivity contribution in [1.82, 2.24) is 15.0 Å². The Bertz CT molecular complexity index is 1150. The maximum Gasteiger partial charge on any atom is 0.131 e. The minimum absolute atomic E-state index is 0.189. The van der Waals surface area contributed by atoms with E-state index in [-0.39, 0.29) is 6.10 Å². The van der Waals surface area contributed by atoms with Crippen LogP contribution in [0.4, 0.5) is 0 Å². The lowest BCUT2D eigenvalue weighted by Crippen LogP contribution is -2.26. The highest BCUT2D eigenvalue weighted by Gasteiger charge is 2.24. The maximum absolute atomic E-state index is 10.3. The quantitative estimate of drug-likeness (QED) is 0.455. The number of thiazole rings is 1. The van der Waals surface area contributed by atoms with Crippen molar-refractivity contribution in [3.63, 3.8) is 0 Å². The minimum atomic E-state index is -0.189. The van der Waals surface area contributed by atoms with Crippen LogP contribution >= 0.6 is 11.3 Å². The Hall–Kier alpha value is -2.83. The molecular weight excluding hydrogens is 394 g/mol. The van der Waals surface area contributed by atoms with Gasteiger partial charge in [-0.15, -0.1) is 11.3 Å². The van der Waals surface area contributed by atoms with E-state index in [1.54, 1.807) is 29.9 Å². The Morgan fingerprint density at radius 3 is 2.80 bits per heavy atom. The number of hydrogen-bond acceptors (Lipinski definition) is 6. The molecule has 1 N–H and O–H groups in total. The molecule has 2 atom stereocenters. The smallest absolute Gasteiger partial charge is 0.131 e. The van der Waals surface area contributed by atoms with Crippen molar-refractivity contribution in [2.45, 2.75) is 38.2 Å². The molecule has 0 amide bonds. The van der Waals surface area contributed by atoms with Gasteiger partial charge in [0, 0.05) is 42.7 Å². The first-order chi connectivity index (χ1) is 14.7. The van der Waals surface area contributed by atoms with Crippen LogP contribution in [0.1, 0.15) is 30.7 Å². The molecule has 4 aromatic rings. The number of hydrogen-bond donors (Lipinski definition) is 1. The molecule has 1 saturated carbocycles. The van der Waals surface area contributed by atoms with Crippen LogP contribution in [0.3, 0.4) is 0 Å². The highest BCUT2D eigenvalue weighted by Crippen LogP contribution is 2.33. The molecule has 0 spiro atoms.